The molecule has 1 atom stereocenters. The summed E-state index contributed by atoms with van der Waals surface area (Å²) in [5.41, 5.74) is 1.98. The van der Waals surface area contributed by atoms with Gasteiger partial charge in [0.15, 0.2) is 6.04 Å². The molecule has 0 spiro atoms. The molecule has 2 amide bonds. The van der Waals surface area contributed by atoms with Crippen LogP contribution >= 0.6 is 0 Å². The summed E-state index contributed by atoms with van der Waals surface area (Å²) in [6.07, 6.45) is 0. The Balaban J connectivity index is 1.73. The lowest BCUT2D eigenvalue weighted by atomic mass is 10.1. The van der Waals surface area contributed by atoms with Crippen LogP contribution in [0.3, 0.4) is 0 Å². The number of benzene rings is 2. The van der Waals surface area contributed by atoms with E-state index >= 15 is 0 Å². The lowest BCUT2D eigenvalue weighted by Crippen LogP contribution is -2.45. The molecule has 170 valence electrons. The Morgan fingerprint density at radius 3 is 2.58 bits per heavy atom. The van der Waals surface area contributed by atoms with Gasteiger partial charge in [0.2, 0.25) is 5.91 Å². The summed E-state index contributed by atoms with van der Waals surface area (Å²) in [4.78, 5) is 28.4. The van der Waals surface area contributed by atoms with Crippen molar-refractivity contribution in [2.45, 2.75) is 19.5 Å². The van der Waals surface area contributed by atoms with Crippen molar-refractivity contribution >= 4 is 28.5 Å². The van der Waals surface area contributed by atoms with Crippen LogP contribution in [0.25, 0.3) is 11.0 Å². The highest BCUT2D eigenvalue weighted by atomic mass is 16.5. The number of fused-ring (bicyclic) bond motifs is 1. The highest BCUT2D eigenvalue weighted by molar-refractivity contribution is 6.01. The highest BCUT2D eigenvalue weighted by Crippen LogP contribution is 2.29. The highest BCUT2D eigenvalue weighted by Gasteiger charge is 2.35. The number of aryl methyl sites for hydroxylation is 1. The van der Waals surface area contributed by atoms with E-state index in [-0.39, 0.29) is 18.4 Å². The molecule has 9 nitrogen and oxygen atoms in total. The second kappa shape index (κ2) is 10.1. The van der Waals surface area contributed by atoms with Crippen LogP contribution < -0.4 is 10.2 Å². The Hall–Kier alpha value is -3.98. The zero-order valence-electron chi connectivity index (χ0n) is 18.5. The zero-order chi connectivity index (χ0) is 23.2. The average molecular weight is 447 g/mol. The van der Waals surface area contributed by atoms with Gasteiger partial charge in [-0.05, 0) is 43.3 Å². The Bertz CT molecular complexity index is 1230. The number of carbonyl (C=O) groups is 2. The summed E-state index contributed by atoms with van der Waals surface area (Å²) in [5.74, 6) is 0.297. The number of amides is 2. The molecule has 0 fully saturated rings. The quantitative estimate of drug-likeness (QED) is 0.396. The van der Waals surface area contributed by atoms with E-state index in [1.54, 1.807) is 38.3 Å². The average Bonchev–Trinajstić information content (AvgIpc) is 3.44. The van der Waals surface area contributed by atoms with E-state index in [1.807, 2.05) is 42.5 Å². The number of furan rings is 1. The number of carbonyl (C=O) groups excluding carboxylic acids is 2. The molecular weight excluding hydrogens is 422 g/mol. The fraction of sp³-hybridized carbons (Fsp3) is 0.250. The maximum absolute atomic E-state index is 13.7. The molecule has 1 N–H and O–H groups in total. The Kier molecular flexibility index (Phi) is 6.80. The molecule has 9 heteroatoms. The third kappa shape index (κ3) is 4.93. The molecular formula is C24H25N5O4. The van der Waals surface area contributed by atoms with E-state index in [0.29, 0.717) is 35.9 Å². The fourth-order valence-corrected chi connectivity index (χ4v) is 3.61. The smallest absolute Gasteiger partial charge is 0.251 e. The summed E-state index contributed by atoms with van der Waals surface area (Å²) in [5, 5.41) is 11.1. The van der Waals surface area contributed by atoms with Gasteiger partial charge in [-0.15, -0.1) is 5.10 Å². The van der Waals surface area contributed by atoms with Gasteiger partial charge < -0.3 is 14.5 Å². The summed E-state index contributed by atoms with van der Waals surface area (Å²) in [6.45, 7) is 2.34. The summed E-state index contributed by atoms with van der Waals surface area (Å²) in [7, 11) is 1.56. The van der Waals surface area contributed by atoms with E-state index in [9.17, 15) is 9.59 Å². The van der Waals surface area contributed by atoms with Gasteiger partial charge in [-0.3, -0.25) is 14.5 Å². The normalized spacial score (nSPS) is 11.9. The van der Waals surface area contributed by atoms with Crippen molar-refractivity contribution in [2.75, 3.05) is 25.2 Å². The maximum Gasteiger partial charge on any atom is 0.251 e. The first-order valence-electron chi connectivity index (χ1n) is 10.6. The van der Waals surface area contributed by atoms with Crippen molar-refractivity contribution < 1.29 is 18.7 Å². The van der Waals surface area contributed by atoms with Crippen LogP contribution in [0.4, 0.5) is 5.69 Å². The van der Waals surface area contributed by atoms with Gasteiger partial charge in [-0.2, -0.15) is 0 Å². The molecule has 4 aromatic rings. The first-order valence-corrected chi connectivity index (χ1v) is 10.6. The SMILES string of the molecule is COCCNC(=O)C(c1ccc(C)o1)N(C(=O)Cn1nnc2ccccc21)c1ccccc1. The number of aromatic nitrogens is 3. The summed E-state index contributed by atoms with van der Waals surface area (Å²) >= 11 is 0. The molecule has 1 unspecified atom stereocenters. The van der Waals surface area contributed by atoms with E-state index in [2.05, 4.69) is 15.6 Å². The van der Waals surface area contributed by atoms with Crippen molar-refractivity contribution in [1.82, 2.24) is 20.3 Å². The minimum Gasteiger partial charge on any atom is -0.464 e. The van der Waals surface area contributed by atoms with Gasteiger partial charge in [-0.1, -0.05) is 35.5 Å². The molecule has 0 radical (unpaired) electrons. The van der Waals surface area contributed by atoms with Crippen molar-refractivity contribution in [3.8, 4) is 0 Å². The third-order valence-corrected chi connectivity index (χ3v) is 5.15. The molecule has 2 heterocycles. The first kappa shape index (κ1) is 22.2. The second-order valence-electron chi connectivity index (χ2n) is 7.47. The lowest BCUT2D eigenvalue weighted by Gasteiger charge is -2.30. The molecule has 2 aromatic heterocycles. The van der Waals surface area contributed by atoms with Crippen LogP contribution in [0.5, 0.6) is 0 Å². The number of rotatable bonds is 9. The predicted molar refractivity (Wildman–Crippen MR) is 123 cm³/mol. The number of nitrogens with one attached hydrogen (secondary N) is 1. The van der Waals surface area contributed by atoms with Gasteiger partial charge in [0, 0.05) is 19.3 Å². The van der Waals surface area contributed by atoms with Gasteiger partial charge in [-0.25, -0.2) is 4.68 Å². The molecule has 0 saturated heterocycles. The molecule has 33 heavy (non-hydrogen) atoms. The second-order valence-corrected chi connectivity index (χ2v) is 7.47. The largest absolute Gasteiger partial charge is 0.464 e. The van der Waals surface area contributed by atoms with E-state index < -0.39 is 6.04 Å². The van der Waals surface area contributed by atoms with Gasteiger partial charge >= 0.3 is 0 Å². The van der Waals surface area contributed by atoms with E-state index in [0.717, 1.165) is 5.52 Å². The molecule has 4 rings (SSSR count). The third-order valence-electron chi connectivity index (χ3n) is 5.15. The number of methoxy groups -OCH3 is 1. The number of hydrogen-bond donors (Lipinski definition) is 1. The van der Waals surface area contributed by atoms with Crippen LogP contribution in [-0.4, -0.2) is 47.1 Å². The lowest BCUT2D eigenvalue weighted by molar-refractivity contribution is -0.127. The van der Waals surface area contributed by atoms with Crippen molar-refractivity contribution in [3.05, 3.63) is 78.3 Å². The maximum atomic E-state index is 13.7. The van der Waals surface area contributed by atoms with Crippen LogP contribution in [0, 0.1) is 6.92 Å². The van der Waals surface area contributed by atoms with Crippen molar-refractivity contribution in [2.24, 2.45) is 0 Å². The Morgan fingerprint density at radius 2 is 1.85 bits per heavy atom. The van der Waals surface area contributed by atoms with Crippen LogP contribution in [0.2, 0.25) is 0 Å². The Labute approximate surface area is 190 Å². The van der Waals surface area contributed by atoms with Gasteiger partial charge in [0.05, 0.1) is 12.1 Å². The topological polar surface area (TPSA) is 102 Å². The number of ether oxygens (including phenoxy) is 1. The van der Waals surface area contributed by atoms with Gasteiger partial charge in [0.25, 0.3) is 5.91 Å². The van der Waals surface area contributed by atoms with E-state index in [1.165, 1.54) is 9.58 Å². The summed E-state index contributed by atoms with van der Waals surface area (Å²) < 4.78 is 12.4. The monoisotopic (exact) mass is 447 g/mol. The Morgan fingerprint density at radius 1 is 1.09 bits per heavy atom. The standard InChI is InChI=1S/C24H25N5O4/c1-17-12-13-21(33-17)23(24(31)25-14-15-32-2)29(18-8-4-3-5-9-18)22(30)16-28-20-11-7-6-10-19(20)26-27-28/h3-13,23H,14-16H2,1-2H3,(H,25,31). The molecule has 0 saturated carbocycles. The molecule has 0 aliphatic heterocycles. The zero-order valence-corrected chi connectivity index (χ0v) is 18.5. The van der Waals surface area contributed by atoms with Gasteiger partial charge in [0.1, 0.15) is 23.6 Å². The molecule has 0 bridgehead atoms. The van der Waals surface area contributed by atoms with Crippen LogP contribution in [0.15, 0.2) is 71.1 Å². The number of nitrogens with zero attached hydrogens (tertiary/aromatic N) is 4. The van der Waals surface area contributed by atoms with E-state index in [4.69, 9.17) is 9.15 Å². The fourth-order valence-electron chi connectivity index (χ4n) is 3.61. The number of anilines is 1. The predicted octanol–water partition coefficient (Wildman–Crippen LogP) is 2.87. The van der Waals surface area contributed by atoms with Crippen molar-refractivity contribution in [3.63, 3.8) is 0 Å². The molecule has 0 aliphatic carbocycles. The van der Waals surface area contributed by atoms with Crippen LogP contribution in [-0.2, 0) is 20.9 Å². The first-order chi connectivity index (χ1) is 16.1. The molecule has 0 aliphatic rings. The number of para-hydroxylation sites is 2. The summed E-state index contributed by atoms with van der Waals surface area (Å²) in [6, 6.07) is 18.9. The minimum atomic E-state index is -1.01. The van der Waals surface area contributed by atoms with Crippen LogP contribution in [0.1, 0.15) is 17.6 Å². The molecule has 2 aromatic carbocycles. The van der Waals surface area contributed by atoms with Crippen molar-refractivity contribution in [1.29, 1.82) is 0 Å². The minimum absolute atomic E-state index is 0.100. The number of hydrogen-bond acceptors (Lipinski definition) is 6.